The van der Waals surface area contributed by atoms with Gasteiger partial charge in [0, 0.05) is 13.1 Å². The van der Waals surface area contributed by atoms with Crippen molar-refractivity contribution in [2.75, 3.05) is 40.3 Å². The van der Waals surface area contributed by atoms with E-state index in [0.29, 0.717) is 5.91 Å². The van der Waals surface area contributed by atoms with E-state index in [-0.39, 0.29) is 6.04 Å². The van der Waals surface area contributed by atoms with E-state index in [0.717, 1.165) is 32.1 Å². The summed E-state index contributed by atoms with van der Waals surface area (Å²) in [5.41, 5.74) is 0. The summed E-state index contributed by atoms with van der Waals surface area (Å²) in [5, 5.41) is 2.17. The van der Waals surface area contributed by atoms with Crippen molar-refractivity contribution in [2.24, 2.45) is 5.92 Å². The molecule has 0 aromatic heterocycles. The van der Waals surface area contributed by atoms with Crippen LogP contribution in [0, 0.1) is 5.92 Å². The van der Waals surface area contributed by atoms with Crippen LogP contribution in [0.2, 0.25) is 0 Å². The topological polar surface area (TPSA) is 41.4 Å². The Bertz CT molecular complexity index is 235. The summed E-state index contributed by atoms with van der Waals surface area (Å²) in [6.07, 6.45) is 2.33. The minimum Gasteiger partial charge on any atom is -0.338 e. The molecule has 0 radical (unpaired) electrons. The largest absolute Gasteiger partial charge is 0.338 e. The summed E-state index contributed by atoms with van der Waals surface area (Å²) >= 11 is 0. The lowest BCUT2D eigenvalue weighted by Crippen LogP contribution is -3.10. The van der Waals surface area contributed by atoms with Crippen molar-refractivity contribution >= 4 is 5.91 Å². The summed E-state index contributed by atoms with van der Waals surface area (Å²) in [4.78, 5) is 15.7. The molecule has 1 fully saturated rings. The van der Waals surface area contributed by atoms with E-state index >= 15 is 0 Å². The number of nitrogens with two attached hydrogens (primary N) is 1. The fourth-order valence-electron chi connectivity index (χ4n) is 2.24. The van der Waals surface area contributed by atoms with E-state index in [1.807, 2.05) is 11.8 Å². The number of nitrogens with zero attached hydrogens (tertiary/aromatic N) is 1. The van der Waals surface area contributed by atoms with Crippen molar-refractivity contribution in [2.45, 2.75) is 32.7 Å². The number of hydrogen-bond donors (Lipinski definition) is 2. The molecule has 1 amide bonds. The zero-order chi connectivity index (χ0) is 12.8. The van der Waals surface area contributed by atoms with Gasteiger partial charge in [0.25, 0.3) is 5.91 Å². The van der Waals surface area contributed by atoms with Gasteiger partial charge in [-0.3, -0.25) is 4.79 Å². The number of carbonyl (C=O) groups excluding carboxylic acids is 1. The van der Waals surface area contributed by atoms with E-state index < -0.39 is 0 Å². The van der Waals surface area contributed by atoms with Crippen LogP contribution in [-0.4, -0.2) is 57.1 Å². The third-order valence-corrected chi connectivity index (χ3v) is 3.65. The lowest BCUT2D eigenvalue weighted by molar-refractivity contribution is -0.875. The van der Waals surface area contributed by atoms with Crippen LogP contribution in [-0.2, 0) is 4.79 Å². The van der Waals surface area contributed by atoms with Crippen molar-refractivity contribution in [3.63, 3.8) is 0 Å². The molecule has 1 rings (SSSR count). The quantitative estimate of drug-likeness (QED) is 0.596. The maximum absolute atomic E-state index is 12.2. The van der Waals surface area contributed by atoms with Crippen LogP contribution in [0.5, 0.6) is 0 Å². The number of carbonyl (C=O) groups is 1. The normalized spacial score (nSPS) is 19.7. The molecule has 100 valence electrons. The predicted octanol–water partition coefficient (Wildman–Crippen LogP) is -1.66. The molecular weight excluding hydrogens is 214 g/mol. The van der Waals surface area contributed by atoms with Crippen LogP contribution in [0.15, 0.2) is 0 Å². The van der Waals surface area contributed by atoms with Gasteiger partial charge in [-0.15, -0.1) is 0 Å². The number of quaternary nitrogens is 2. The number of amides is 1. The highest BCUT2D eigenvalue weighted by Crippen LogP contribution is 2.16. The smallest absolute Gasteiger partial charge is 0.280 e. The SMILES string of the molecule is CC1CCN(C(=O)[C@H](C)[NH2+]CC[NH+](C)C)CC1. The lowest BCUT2D eigenvalue weighted by atomic mass is 9.99. The van der Waals surface area contributed by atoms with Crippen molar-refractivity contribution in [3.05, 3.63) is 0 Å². The standard InChI is InChI=1S/C13H27N3O/c1-11-5-8-16(9-6-11)13(17)12(2)14-7-10-15(3)4/h11-12,14H,5-10H2,1-4H3/p+2/t12-/m0/s1. The highest BCUT2D eigenvalue weighted by Gasteiger charge is 2.26. The van der Waals surface area contributed by atoms with Crippen molar-refractivity contribution in [1.29, 1.82) is 0 Å². The molecule has 1 heterocycles. The fraction of sp³-hybridized carbons (Fsp3) is 0.923. The number of likely N-dealkylation sites (N-methyl/N-ethyl adjacent to an activating group) is 1. The molecular formula is C13H29N3O+2. The van der Waals surface area contributed by atoms with Gasteiger partial charge < -0.3 is 15.1 Å². The minimum atomic E-state index is 0.0859. The molecule has 0 aromatic carbocycles. The summed E-state index contributed by atoms with van der Waals surface area (Å²) in [6.45, 7) is 8.35. The molecule has 4 nitrogen and oxygen atoms in total. The summed E-state index contributed by atoms with van der Waals surface area (Å²) in [6, 6.07) is 0.0859. The van der Waals surface area contributed by atoms with Gasteiger partial charge in [0.15, 0.2) is 6.04 Å². The second-order valence-electron chi connectivity index (χ2n) is 5.78. The first kappa shape index (κ1) is 14.5. The van der Waals surface area contributed by atoms with Gasteiger partial charge in [0.1, 0.15) is 13.1 Å². The van der Waals surface area contributed by atoms with Crippen LogP contribution in [0.3, 0.4) is 0 Å². The Morgan fingerprint density at radius 2 is 2.00 bits per heavy atom. The molecule has 0 aliphatic carbocycles. The molecule has 17 heavy (non-hydrogen) atoms. The Hall–Kier alpha value is -0.610. The minimum absolute atomic E-state index is 0.0859. The zero-order valence-corrected chi connectivity index (χ0v) is 11.8. The van der Waals surface area contributed by atoms with E-state index in [2.05, 4.69) is 26.3 Å². The molecule has 4 heteroatoms. The van der Waals surface area contributed by atoms with E-state index in [4.69, 9.17) is 0 Å². The van der Waals surface area contributed by atoms with Gasteiger partial charge in [-0.2, -0.15) is 0 Å². The molecule has 0 saturated carbocycles. The van der Waals surface area contributed by atoms with E-state index in [9.17, 15) is 4.79 Å². The number of hydrogen-bond acceptors (Lipinski definition) is 1. The summed E-state index contributed by atoms with van der Waals surface area (Å²) in [7, 11) is 4.29. The van der Waals surface area contributed by atoms with Crippen LogP contribution >= 0.6 is 0 Å². The van der Waals surface area contributed by atoms with E-state index in [1.54, 1.807) is 0 Å². The zero-order valence-electron chi connectivity index (χ0n) is 11.8. The number of likely N-dealkylation sites (tertiary alicyclic amines) is 1. The van der Waals surface area contributed by atoms with Crippen LogP contribution in [0.1, 0.15) is 26.7 Å². The Labute approximate surface area is 105 Å². The first-order valence-corrected chi connectivity index (χ1v) is 6.92. The van der Waals surface area contributed by atoms with Gasteiger partial charge in [0.2, 0.25) is 0 Å². The molecule has 0 spiro atoms. The van der Waals surface area contributed by atoms with Gasteiger partial charge in [0.05, 0.1) is 14.1 Å². The maximum atomic E-state index is 12.2. The van der Waals surface area contributed by atoms with E-state index in [1.165, 1.54) is 17.7 Å². The second kappa shape index (κ2) is 6.97. The molecule has 1 atom stereocenters. The Kier molecular flexibility index (Phi) is 5.92. The third-order valence-electron chi connectivity index (χ3n) is 3.65. The number of rotatable bonds is 5. The average molecular weight is 243 g/mol. The van der Waals surface area contributed by atoms with Crippen LogP contribution in [0.4, 0.5) is 0 Å². The molecule has 0 unspecified atom stereocenters. The summed E-state index contributed by atoms with van der Waals surface area (Å²) < 4.78 is 0. The highest BCUT2D eigenvalue weighted by atomic mass is 16.2. The first-order valence-electron chi connectivity index (χ1n) is 6.92. The van der Waals surface area contributed by atoms with Gasteiger partial charge in [-0.05, 0) is 25.7 Å². The molecule has 1 saturated heterocycles. The molecule has 1 aliphatic heterocycles. The third kappa shape index (κ3) is 5.04. The Morgan fingerprint density at radius 1 is 1.41 bits per heavy atom. The second-order valence-corrected chi connectivity index (χ2v) is 5.78. The molecule has 1 aliphatic rings. The predicted molar refractivity (Wildman–Crippen MR) is 68.9 cm³/mol. The Balaban J connectivity index is 2.26. The molecule has 0 aromatic rings. The molecule has 0 bridgehead atoms. The highest BCUT2D eigenvalue weighted by molar-refractivity contribution is 5.80. The fourth-order valence-corrected chi connectivity index (χ4v) is 2.24. The average Bonchev–Trinajstić information content (AvgIpc) is 2.28. The van der Waals surface area contributed by atoms with Crippen molar-refractivity contribution in [3.8, 4) is 0 Å². The van der Waals surface area contributed by atoms with Crippen LogP contribution in [0.25, 0.3) is 0 Å². The number of nitrogens with one attached hydrogen (secondary N) is 1. The van der Waals surface area contributed by atoms with Gasteiger partial charge in [-0.1, -0.05) is 6.92 Å². The van der Waals surface area contributed by atoms with Gasteiger partial charge >= 0.3 is 0 Å². The molecule has 3 N–H and O–H groups in total. The first-order chi connectivity index (χ1) is 8.00. The summed E-state index contributed by atoms with van der Waals surface area (Å²) in [5.74, 6) is 1.11. The van der Waals surface area contributed by atoms with Gasteiger partial charge in [-0.25, -0.2) is 0 Å². The van der Waals surface area contributed by atoms with Crippen LogP contribution < -0.4 is 10.2 Å². The Morgan fingerprint density at radius 3 is 2.53 bits per heavy atom. The van der Waals surface area contributed by atoms with Crippen molar-refractivity contribution in [1.82, 2.24) is 4.90 Å². The van der Waals surface area contributed by atoms with Crippen molar-refractivity contribution < 1.29 is 15.0 Å². The number of piperidine rings is 1. The lowest BCUT2D eigenvalue weighted by Gasteiger charge is -2.31. The monoisotopic (exact) mass is 243 g/mol. The maximum Gasteiger partial charge on any atom is 0.280 e.